The molecule has 2 rings (SSSR count). The fourth-order valence-corrected chi connectivity index (χ4v) is 2.79. The number of nitrogen functional groups attached to an aromatic ring is 1. The Kier molecular flexibility index (Phi) is 3.97. The van der Waals surface area contributed by atoms with Gasteiger partial charge in [0.1, 0.15) is 11.6 Å². The van der Waals surface area contributed by atoms with Gasteiger partial charge in [0, 0.05) is 24.6 Å². The lowest BCUT2D eigenvalue weighted by molar-refractivity contribution is -0.127. The summed E-state index contributed by atoms with van der Waals surface area (Å²) < 4.78 is 0. The first-order chi connectivity index (χ1) is 8.66. The van der Waals surface area contributed by atoms with Gasteiger partial charge in [-0.25, -0.2) is 4.98 Å². The van der Waals surface area contributed by atoms with E-state index in [-0.39, 0.29) is 5.41 Å². The van der Waals surface area contributed by atoms with E-state index >= 15 is 0 Å². The highest BCUT2D eigenvalue weighted by atomic mass is 16.1. The Morgan fingerprint density at radius 2 is 2.44 bits per heavy atom. The van der Waals surface area contributed by atoms with Gasteiger partial charge in [0.05, 0.1) is 0 Å². The fraction of sp³-hybridized carbons (Fsp3) is 0.571. The average molecular weight is 247 g/mol. The van der Waals surface area contributed by atoms with Gasteiger partial charge in [0.2, 0.25) is 0 Å². The predicted molar refractivity (Wildman–Crippen MR) is 72.2 cm³/mol. The average Bonchev–Trinajstić information content (AvgIpc) is 2.79. The van der Waals surface area contributed by atoms with Crippen molar-refractivity contribution in [2.75, 3.05) is 18.8 Å². The minimum absolute atomic E-state index is 0.160. The molecule has 18 heavy (non-hydrogen) atoms. The molecule has 4 nitrogen and oxygen atoms in total. The van der Waals surface area contributed by atoms with Crippen LogP contribution in [0.1, 0.15) is 31.7 Å². The molecule has 1 atom stereocenters. The van der Waals surface area contributed by atoms with E-state index in [4.69, 9.17) is 5.73 Å². The maximum Gasteiger partial charge on any atom is 0.144 e. The summed E-state index contributed by atoms with van der Waals surface area (Å²) in [5.41, 5.74) is 6.45. The van der Waals surface area contributed by atoms with Crippen molar-refractivity contribution in [2.45, 2.75) is 32.6 Å². The van der Waals surface area contributed by atoms with E-state index in [0.717, 1.165) is 37.9 Å². The van der Waals surface area contributed by atoms with Crippen molar-refractivity contribution in [1.82, 2.24) is 10.3 Å². The van der Waals surface area contributed by atoms with Crippen LogP contribution in [0.15, 0.2) is 18.3 Å². The summed E-state index contributed by atoms with van der Waals surface area (Å²) in [4.78, 5) is 16.5. The molecule has 0 bridgehead atoms. The molecular weight excluding hydrogens is 226 g/mol. The lowest BCUT2D eigenvalue weighted by Crippen LogP contribution is -2.34. The van der Waals surface area contributed by atoms with Gasteiger partial charge in [-0.3, -0.25) is 4.79 Å². The maximum absolute atomic E-state index is 12.5. The number of carbonyl (C=O) groups excluding carboxylic acids is 1. The zero-order valence-corrected chi connectivity index (χ0v) is 10.9. The number of pyridine rings is 1. The second-order valence-corrected chi connectivity index (χ2v) is 5.15. The molecule has 1 saturated heterocycles. The third-order valence-corrected chi connectivity index (χ3v) is 3.77. The number of Topliss-reactive ketones (excluding diaryl/α,β-unsaturated/α-hetero) is 1. The first-order valence-corrected chi connectivity index (χ1v) is 6.61. The molecule has 98 valence electrons. The summed E-state index contributed by atoms with van der Waals surface area (Å²) in [6.07, 6.45) is 5.11. The monoisotopic (exact) mass is 247 g/mol. The Labute approximate surface area is 108 Å². The first-order valence-electron chi connectivity index (χ1n) is 6.61. The van der Waals surface area contributed by atoms with Gasteiger partial charge in [-0.2, -0.15) is 0 Å². The van der Waals surface area contributed by atoms with Gasteiger partial charge in [0.15, 0.2) is 0 Å². The number of nitrogens with one attached hydrogen (secondary N) is 1. The van der Waals surface area contributed by atoms with Gasteiger partial charge in [-0.15, -0.1) is 0 Å². The van der Waals surface area contributed by atoms with Gasteiger partial charge in [0.25, 0.3) is 0 Å². The quantitative estimate of drug-likeness (QED) is 0.828. The van der Waals surface area contributed by atoms with Crippen LogP contribution in [0.25, 0.3) is 0 Å². The lowest BCUT2D eigenvalue weighted by atomic mass is 9.76. The molecule has 0 amide bonds. The van der Waals surface area contributed by atoms with Crippen LogP contribution in [-0.4, -0.2) is 23.9 Å². The van der Waals surface area contributed by atoms with Gasteiger partial charge >= 0.3 is 0 Å². The summed E-state index contributed by atoms with van der Waals surface area (Å²) in [5.74, 6) is 0.814. The number of nitrogens with zero attached hydrogens (tertiary/aromatic N) is 1. The van der Waals surface area contributed by atoms with Gasteiger partial charge in [-0.1, -0.05) is 13.3 Å². The summed E-state index contributed by atoms with van der Waals surface area (Å²) >= 11 is 0. The van der Waals surface area contributed by atoms with Gasteiger partial charge in [-0.05, 0) is 37.1 Å². The van der Waals surface area contributed by atoms with E-state index in [9.17, 15) is 4.79 Å². The molecule has 2 heterocycles. The number of carbonyl (C=O) groups is 1. The molecule has 0 saturated carbocycles. The van der Waals surface area contributed by atoms with E-state index < -0.39 is 0 Å². The Balaban J connectivity index is 2.10. The first kappa shape index (κ1) is 13.0. The lowest BCUT2D eigenvalue weighted by Gasteiger charge is -2.26. The molecule has 0 radical (unpaired) electrons. The summed E-state index contributed by atoms with van der Waals surface area (Å²) in [7, 11) is 0. The molecular formula is C14H21N3O. The van der Waals surface area contributed by atoms with E-state index in [0.29, 0.717) is 18.0 Å². The largest absolute Gasteiger partial charge is 0.384 e. The fourth-order valence-electron chi connectivity index (χ4n) is 2.79. The van der Waals surface area contributed by atoms with Crippen LogP contribution in [0.3, 0.4) is 0 Å². The summed E-state index contributed by atoms with van der Waals surface area (Å²) in [6.45, 7) is 3.90. The van der Waals surface area contributed by atoms with Crippen LogP contribution >= 0.6 is 0 Å². The second kappa shape index (κ2) is 5.48. The zero-order chi connectivity index (χ0) is 13.0. The molecule has 0 aromatic carbocycles. The van der Waals surface area contributed by atoms with E-state index in [1.54, 1.807) is 12.3 Å². The van der Waals surface area contributed by atoms with Crippen molar-refractivity contribution in [2.24, 2.45) is 5.41 Å². The number of hydrogen-bond donors (Lipinski definition) is 2. The topological polar surface area (TPSA) is 68.0 Å². The molecule has 1 aliphatic heterocycles. The summed E-state index contributed by atoms with van der Waals surface area (Å²) in [5, 5.41) is 3.32. The predicted octanol–water partition coefficient (Wildman–Crippen LogP) is 1.56. The van der Waals surface area contributed by atoms with Crippen molar-refractivity contribution < 1.29 is 4.79 Å². The molecule has 4 heteroatoms. The number of hydrogen-bond acceptors (Lipinski definition) is 4. The second-order valence-electron chi connectivity index (χ2n) is 5.15. The van der Waals surface area contributed by atoms with E-state index in [1.807, 2.05) is 6.07 Å². The van der Waals surface area contributed by atoms with Crippen LogP contribution in [0.4, 0.5) is 5.82 Å². The Morgan fingerprint density at radius 1 is 1.61 bits per heavy atom. The Hall–Kier alpha value is -1.42. The highest BCUT2D eigenvalue weighted by molar-refractivity contribution is 5.87. The molecule has 3 N–H and O–H groups in total. The van der Waals surface area contributed by atoms with E-state index in [1.165, 1.54) is 0 Å². The molecule has 1 aromatic heterocycles. The molecule has 1 fully saturated rings. The molecule has 0 spiro atoms. The number of ketones is 1. The minimum Gasteiger partial charge on any atom is -0.384 e. The highest BCUT2D eigenvalue weighted by Crippen LogP contribution is 2.33. The van der Waals surface area contributed by atoms with Crippen LogP contribution < -0.4 is 11.1 Å². The van der Waals surface area contributed by atoms with Crippen molar-refractivity contribution in [3.63, 3.8) is 0 Å². The normalized spacial score (nSPS) is 23.2. The number of rotatable bonds is 5. The minimum atomic E-state index is -0.160. The molecule has 1 unspecified atom stereocenters. The van der Waals surface area contributed by atoms with E-state index in [2.05, 4.69) is 17.2 Å². The highest BCUT2D eigenvalue weighted by Gasteiger charge is 2.39. The third-order valence-electron chi connectivity index (χ3n) is 3.77. The van der Waals surface area contributed by atoms with Crippen LogP contribution in [0, 0.1) is 5.41 Å². The number of anilines is 1. The Morgan fingerprint density at radius 3 is 3.06 bits per heavy atom. The van der Waals surface area contributed by atoms with Crippen LogP contribution in [0.2, 0.25) is 0 Å². The zero-order valence-electron chi connectivity index (χ0n) is 10.9. The van der Waals surface area contributed by atoms with Crippen molar-refractivity contribution in [1.29, 1.82) is 0 Å². The van der Waals surface area contributed by atoms with Crippen molar-refractivity contribution >= 4 is 11.6 Å². The SMILES string of the molecule is CCCC1(C(=O)Cc2ccnc(N)c2)CCNC1. The molecule has 0 aliphatic carbocycles. The van der Waals surface area contributed by atoms with Crippen LogP contribution in [-0.2, 0) is 11.2 Å². The smallest absolute Gasteiger partial charge is 0.144 e. The van der Waals surface area contributed by atoms with Gasteiger partial charge < -0.3 is 11.1 Å². The van der Waals surface area contributed by atoms with Crippen molar-refractivity contribution in [3.8, 4) is 0 Å². The molecule has 1 aromatic rings. The number of nitrogens with two attached hydrogens (primary N) is 1. The van der Waals surface area contributed by atoms with Crippen molar-refractivity contribution in [3.05, 3.63) is 23.9 Å². The standard InChI is InChI=1S/C14H21N3O/c1-2-4-14(5-7-16-10-14)12(18)8-11-3-6-17-13(15)9-11/h3,6,9,16H,2,4-5,7-8,10H2,1H3,(H2,15,17). The maximum atomic E-state index is 12.5. The third kappa shape index (κ3) is 2.70. The molecule has 1 aliphatic rings. The summed E-state index contributed by atoms with van der Waals surface area (Å²) in [6, 6.07) is 3.66. The Bertz CT molecular complexity index is 425. The number of aromatic nitrogens is 1. The van der Waals surface area contributed by atoms with Crippen LogP contribution in [0.5, 0.6) is 0 Å².